The first-order valence-electron chi connectivity index (χ1n) is 3.89. The van der Waals surface area contributed by atoms with Gasteiger partial charge in [0.1, 0.15) is 0 Å². The molecule has 1 N–H and O–H groups in total. The van der Waals surface area contributed by atoms with Crippen LogP contribution in [0, 0.1) is 0 Å². The smallest absolute Gasteiger partial charge is 0.335 e. The maximum absolute atomic E-state index is 10.7. The molecular weight excluding hydrogens is 272 g/mol. The largest absolute Gasteiger partial charge is 0.478 e. The van der Waals surface area contributed by atoms with Crippen molar-refractivity contribution in [3.8, 4) is 0 Å². The van der Waals surface area contributed by atoms with Crippen molar-refractivity contribution in [2.75, 3.05) is 0 Å². The van der Waals surface area contributed by atoms with Crippen molar-refractivity contribution in [3.05, 3.63) is 23.8 Å². The lowest BCUT2D eigenvalue weighted by atomic mass is 10.2. The standard InChI is InChI=1S/C7H4N2O6S2/c10-7(11)4-1-5(8-16(12)13)3-6(2-4)9-17(14)15/h1-3H,(H,10,11). The van der Waals surface area contributed by atoms with Gasteiger partial charge in [0, 0.05) is 0 Å². The zero-order chi connectivity index (χ0) is 13.0. The highest BCUT2D eigenvalue weighted by Crippen LogP contribution is 2.23. The van der Waals surface area contributed by atoms with E-state index in [1.807, 2.05) is 0 Å². The van der Waals surface area contributed by atoms with Gasteiger partial charge in [-0.05, 0) is 18.2 Å². The Morgan fingerprint density at radius 2 is 1.35 bits per heavy atom. The summed E-state index contributed by atoms with van der Waals surface area (Å²) in [6.07, 6.45) is 0. The minimum atomic E-state index is -2.77. The number of nitrogens with zero attached hydrogens (tertiary/aromatic N) is 2. The lowest BCUT2D eigenvalue weighted by molar-refractivity contribution is 0.0697. The zero-order valence-corrected chi connectivity index (χ0v) is 9.56. The van der Waals surface area contributed by atoms with Crippen molar-refractivity contribution in [1.29, 1.82) is 0 Å². The van der Waals surface area contributed by atoms with Crippen LogP contribution in [0.5, 0.6) is 0 Å². The fourth-order valence-electron chi connectivity index (χ4n) is 0.996. The van der Waals surface area contributed by atoms with Crippen molar-refractivity contribution in [2.45, 2.75) is 0 Å². The quantitative estimate of drug-likeness (QED) is 0.867. The van der Waals surface area contributed by atoms with E-state index in [9.17, 15) is 21.6 Å². The summed E-state index contributed by atoms with van der Waals surface area (Å²) < 4.78 is 47.4. The molecule has 0 bridgehead atoms. The van der Waals surface area contributed by atoms with Gasteiger partial charge in [0.05, 0.1) is 16.9 Å². The molecule has 0 atom stereocenters. The highest BCUT2D eigenvalue weighted by atomic mass is 32.2. The van der Waals surface area contributed by atoms with Crippen molar-refractivity contribution in [2.24, 2.45) is 8.73 Å². The molecule has 0 fully saturated rings. The van der Waals surface area contributed by atoms with Gasteiger partial charge >= 0.3 is 27.0 Å². The molecule has 0 heterocycles. The van der Waals surface area contributed by atoms with E-state index in [1.165, 1.54) is 0 Å². The molecule has 90 valence electrons. The van der Waals surface area contributed by atoms with E-state index in [0.29, 0.717) is 0 Å². The van der Waals surface area contributed by atoms with Gasteiger partial charge in [-0.3, -0.25) is 0 Å². The Morgan fingerprint density at radius 3 is 1.65 bits per heavy atom. The van der Waals surface area contributed by atoms with Gasteiger partial charge in [0.2, 0.25) is 0 Å². The van der Waals surface area contributed by atoms with Gasteiger partial charge in [0.25, 0.3) is 0 Å². The van der Waals surface area contributed by atoms with E-state index in [0.717, 1.165) is 18.2 Å². The maximum atomic E-state index is 10.7. The summed E-state index contributed by atoms with van der Waals surface area (Å²) in [7, 11) is -5.55. The number of carboxylic acid groups (broad SMARTS) is 1. The fourth-order valence-corrected chi connectivity index (χ4v) is 1.55. The summed E-state index contributed by atoms with van der Waals surface area (Å²) in [6.45, 7) is 0. The molecule has 0 aromatic heterocycles. The Kier molecular flexibility index (Phi) is 4.06. The molecule has 1 rings (SSSR count). The molecule has 0 aliphatic rings. The molecule has 0 amide bonds. The van der Waals surface area contributed by atoms with Crippen molar-refractivity contribution in [1.82, 2.24) is 0 Å². The number of hydrogen-bond donors (Lipinski definition) is 1. The first kappa shape index (κ1) is 13.0. The van der Waals surface area contributed by atoms with Gasteiger partial charge in [-0.2, -0.15) is 16.8 Å². The number of aromatic carboxylic acids is 1. The van der Waals surface area contributed by atoms with Crippen LogP contribution < -0.4 is 0 Å². The Bertz CT molecular complexity index is 661. The van der Waals surface area contributed by atoms with Crippen LogP contribution in [0.3, 0.4) is 0 Å². The molecule has 17 heavy (non-hydrogen) atoms. The number of carbonyl (C=O) groups is 1. The average Bonchev–Trinajstić information content (AvgIpc) is 2.14. The molecule has 0 aliphatic heterocycles. The van der Waals surface area contributed by atoms with Crippen LogP contribution in [0.2, 0.25) is 0 Å². The third-order valence-corrected chi connectivity index (χ3v) is 2.23. The molecule has 0 saturated heterocycles. The molecule has 1 aromatic rings. The van der Waals surface area contributed by atoms with Crippen LogP contribution in [-0.4, -0.2) is 27.9 Å². The van der Waals surface area contributed by atoms with Gasteiger partial charge in [-0.25, -0.2) is 4.79 Å². The van der Waals surface area contributed by atoms with E-state index >= 15 is 0 Å². The van der Waals surface area contributed by atoms with Crippen LogP contribution in [0.15, 0.2) is 26.9 Å². The molecule has 0 spiro atoms. The van der Waals surface area contributed by atoms with Crippen LogP contribution in [0.1, 0.15) is 10.4 Å². The highest BCUT2D eigenvalue weighted by molar-refractivity contribution is 7.62. The average molecular weight is 276 g/mol. The summed E-state index contributed by atoms with van der Waals surface area (Å²) >= 11 is 0. The summed E-state index contributed by atoms with van der Waals surface area (Å²) in [4.78, 5) is 10.7. The predicted molar refractivity (Wildman–Crippen MR) is 55.4 cm³/mol. The van der Waals surface area contributed by atoms with Crippen molar-refractivity contribution in [3.63, 3.8) is 0 Å². The second-order valence-electron chi connectivity index (χ2n) is 2.66. The normalized spacial score (nSPS) is 9.41. The number of rotatable bonds is 3. The second-order valence-corrected chi connectivity index (χ2v) is 3.89. The maximum Gasteiger partial charge on any atom is 0.335 e. The van der Waals surface area contributed by atoms with E-state index in [4.69, 9.17) is 5.11 Å². The number of benzene rings is 1. The molecule has 0 aliphatic carbocycles. The minimum Gasteiger partial charge on any atom is -0.478 e. The lowest BCUT2D eigenvalue weighted by Crippen LogP contribution is -1.94. The summed E-state index contributed by atoms with van der Waals surface area (Å²) in [5, 5.41) is 8.71. The first-order chi connectivity index (χ1) is 7.88. The molecule has 0 radical (unpaired) electrons. The van der Waals surface area contributed by atoms with Crippen molar-refractivity contribution < 1.29 is 26.7 Å². The SMILES string of the molecule is O=C(O)c1cc(N=S(=O)=O)cc(N=S(=O)=O)c1. The van der Waals surface area contributed by atoms with Gasteiger partial charge in [-0.15, -0.1) is 8.73 Å². The zero-order valence-electron chi connectivity index (χ0n) is 7.93. The van der Waals surface area contributed by atoms with Crippen LogP contribution >= 0.6 is 0 Å². The van der Waals surface area contributed by atoms with E-state index < -0.39 is 27.0 Å². The molecule has 0 unspecified atom stereocenters. The van der Waals surface area contributed by atoms with E-state index in [-0.39, 0.29) is 16.9 Å². The monoisotopic (exact) mass is 276 g/mol. The Labute approximate surface area is 97.9 Å². The molecule has 0 saturated carbocycles. The Balaban J connectivity index is 3.54. The molecular formula is C7H4N2O6S2. The lowest BCUT2D eigenvalue weighted by Gasteiger charge is -1.97. The fraction of sp³-hybridized carbons (Fsp3) is 0. The number of carboxylic acids is 1. The third kappa shape index (κ3) is 4.12. The van der Waals surface area contributed by atoms with E-state index in [2.05, 4.69) is 8.73 Å². The first-order valence-corrected chi connectivity index (χ1v) is 5.95. The molecule has 8 nitrogen and oxygen atoms in total. The van der Waals surface area contributed by atoms with Crippen LogP contribution in [0.4, 0.5) is 11.4 Å². The summed E-state index contributed by atoms with van der Waals surface area (Å²) in [5.74, 6) is -1.35. The highest BCUT2D eigenvalue weighted by Gasteiger charge is 2.07. The van der Waals surface area contributed by atoms with Crippen LogP contribution in [-0.2, 0) is 21.0 Å². The molecule has 10 heteroatoms. The number of hydrogen-bond acceptors (Lipinski definition) is 7. The van der Waals surface area contributed by atoms with Crippen LogP contribution in [0.25, 0.3) is 0 Å². The predicted octanol–water partition coefficient (Wildman–Crippen LogP) is 0.773. The third-order valence-electron chi connectivity index (χ3n) is 1.51. The van der Waals surface area contributed by atoms with Gasteiger partial charge in [-0.1, -0.05) is 0 Å². The topological polar surface area (TPSA) is 130 Å². The Hall–Kier alpha value is -2.07. The minimum absolute atomic E-state index is 0.220. The van der Waals surface area contributed by atoms with E-state index in [1.54, 1.807) is 0 Å². The van der Waals surface area contributed by atoms with Crippen molar-refractivity contribution >= 4 is 38.3 Å². The van der Waals surface area contributed by atoms with Gasteiger partial charge < -0.3 is 5.11 Å². The summed E-state index contributed by atoms with van der Waals surface area (Å²) in [6, 6.07) is 2.98. The summed E-state index contributed by atoms with van der Waals surface area (Å²) in [5.41, 5.74) is -0.759. The Morgan fingerprint density at radius 1 is 0.941 bits per heavy atom. The molecule has 1 aromatic carbocycles. The van der Waals surface area contributed by atoms with Gasteiger partial charge in [0.15, 0.2) is 0 Å². The second kappa shape index (κ2) is 5.32.